The fourth-order valence-electron chi connectivity index (χ4n) is 4.58. The molecule has 33 heavy (non-hydrogen) atoms. The third-order valence-electron chi connectivity index (χ3n) is 6.56. The van der Waals surface area contributed by atoms with Crippen LogP contribution in [0.15, 0.2) is 28.8 Å². The van der Waals surface area contributed by atoms with Gasteiger partial charge in [-0.1, -0.05) is 30.8 Å². The number of rotatable bonds is 7. The van der Waals surface area contributed by atoms with E-state index in [1.54, 1.807) is 7.11 Å². The molecule has 0 unspecified atom stereocenters. The average Bonchev–Trinajstić information content (AvgIpc) is 3.18. The number of piperazine rings is 1. The molecule has 0 spiro atoms. The van der Waals surface area contributed by atoms with Gasteiger partial charge >= 0.3 is 0 Å². The van der Waals surface area contributed by atoms with Gasteiger partial charge in [0.1, 0.15) is 11.3 Å². The third kappa shape index (κ3) is 6.09. The van der Waals surface area contributed by atoms with E-state index in [1.165, 1.54) is 0 Å². The summed E-state index contributed by atoms with van der Waals surface area (Å²) in [6.45, 7) is 4.12. The number of nitriles is 1. The van der Waals surface area contributed by atoms with Crippen LogP contribution in [0.2, 0.25) is 0 Å². The zero-order valence-corrected chi connectivity index (χ0v) is 19.3. The van der Waals surface area contributed by atoms with Crippen LogP contribution in [-0.2, 0) is 11.3 Å². The number of carbonyl (C=O) groups is 1. The molecule has 9 nitrogen and oxygen atoms in total. The van der Waals surface area contributed by atoms with Gasteiger partial charge in [0.15, 0.2) is 0 Å². The predicted molar refractivity (Wildman–Crippen MR) is 122 cm³/mol. The van der Waals surface area contributed by atoms with Crippen molar-refractivity contribution in [2.24, 2.45) is 0 Å². The molecule has 1 saturated heterocycles. The highest BCUT2D eigenvalue weighted by molar-refractivity contribution is 5.79. The summed E-state index contributed by atoms with van der Waals surface area (Å²) in [5.41, 5.74) is 0.194. The van der Waals surface area contributed by atoms with Crippen LogP contribution < -0.4 is 10.1 Å². The van der Waals surface area contributed by atoms with Crippen molar-refractivity contribution in [2.75, 3.05) is 39.8 Å². The smallest absolute Gasteiger partial charge is 0.241 e. The van der Waals surface area contributed by atoms with Crippen LogP contribution in [-0.4, -0.2) is 71.2 Å². The lowest BCUT2D eigenvalue weighted by Crippen LogP contribution is -2.53. The lowest BCUT2D eigenvalue weighted by molar-refractivity contribution is -0.124. The number of amides is 1. The highest BCUT2D eigenvalue weighted by Gasteiger charge is 2.33. The van der Waals surface area contributed by atoms with E-state index in [4.69, 9.17) is 9.26 Å². The fraction of sp³-hybridized carbons (Fsp3) is 0.583. The molecule has 176 valence electrons. The van der Waals surface area contributed by atoms with Crippen LogP contribution >= 0.6 is 0 Å². The molecule has 9 heteroatoms. The number of ether oxygens (including phenoxy) is 1. The molecule has 1 N–H and O–H groups in total. The van der Waals surface area contributed by atoms with E-state index in [2.05, 4.69) is 31.3 Å². The van der Waals surface area contributed by atoms with Crippen molar-refractivity contribution in [3.8, 4) is 23.2 Å². The molecule has 0 bridgehead atoms. The van der Waals surface area contributed by atoms with E-state index in [0.29, 0.717) is 24.8 Å². The van der Waals surface area contributed by atoms with Crippen molar-refractivity contribution >= 4 is 5.91 Å². The molecule has 1 aliphatic carbocycles. The summed E-state index contributed by atoms with van der Waals surface area (Å²) in [5, 5.41) is 16.8. The summed E-state index contributed by atoms with van der Waals surface area (Å²) in [4.78, 5) is 21.6. The van der Waals surface area contributed by atoms with Crippen LogP contribution in [0.1, 0.15) is 44.4 Å². The first-order valence-electron chi connectivity index (χ1n) is 11.7. The van der Waals surface area contributed by atoms with E-state index in [0.717, 1.165) is 76.0 Å². The van der Waals surface area contributed by atoms with Gasteiger partial charge < -0.3 is 14.6 Å². The van der Waals surface area contributed by atoms with Crippen molar-refractivity contribution in [2.45, 2.75) is 50.6 Å². The summed E-state index contributed by atoms with van der Waals surface area (Å²) >= 11 is 0. The Labute approximate surface area is 194 Å². The number of nitrogens with one attached hydrogen (secondary N) is 1. The minimum atomic E-state index is -0.686. The zero-order chi connectivity index (χ0) is 23.1. The Hall–Kier alpha value is -2.96. The first kappa shape index (κ1) is 23.2. The molecular weight excluding hydrogens is 420 g/mol. The van der Waals surface area contributed by atoms with E-state index in [-0.39, 0.29) is 5.91 Å². The van der Waals surface area contributed by atoms with Gasteiger partial charge in [-0.25, -0.2) is 0 Å². The van der Waals surface area contributed by atoms with Gasteiger partial charge in [-0.05, 0) is 37.1 Å². The summed E-state index contributed by atoms with van der Waals surface area (Å²) in [5.74, 6) is 1.88. The van der Waals surface area contributed by atoms with Gasteiger partial charge in [0.25, 0.3) is 0 Å². The van der Waals surface area contributed by atoms with E-state index < -0.39 is 5.54 Å². The minimum Gasteiger partial charge on any atom is -0.497 e. The van der Waals surface area contributed by atoms with E-state index >= 15 is 0 Å². The van der Waals surface area contributed by atoms with Crippen molar-refractivity contribution in [1.29, 1.82) is 5.26 Å². The Morgan fingerprint density at radius 1 is 1.12 bits per heavy atom. The molecule has 2 heterocycles. The van der Waals surface area contributed by atoms with Crippen LogP contribution in [0, 0.1) is 11.3 Å². The van der Waals surface area contributed by atoms with Gasteiger partial charge in [0, 0.05) is 31.7 Å². The summed E-state index contributed by atoms with van der Waals surface area (Å²) in [6, 6.07) is 9.94. The Kier molecular flexibility index (Phi) is 7.57. The number of nitrogens with zero attached hydrogens (tertiary/aromatic N) is 5. The van der Waals surface area contributed by atoms with Crippen molar-refractivity contribution in [1.82, 2.24) is 25.3 Å². The Morgan fingerprint density at radius 3 is 2.42 bits per heavy atom. The Morgan fingerprint density at radius 2 is 1.79 bits per heavy atom. The molecule has 1 aromatic carbocycles. The number of benzene rings is 1. The second-order valence-electron chi connectivity index (χ2n) is 8.95. The third-order valence-corrected chi connectivity index (χ3v) is 6.56. The van der Waals surface area contributed by atoms with Crippen molar-refractivity contribution in [3.05, 3.63) is 30.2 Å². The molecule has 1 amide bonds. The van der Waals surface area contributed by atoms with E-state index in [1.807, 2.05) is 24.3 Å². The number of carbonyl (C=O) groups excluding carboxylic acids is 1. The van der Waals surface area contributed by atoms with Crippen LogP contribution in [0.25, 0.3) is 11.4 Å². The molecule has 2 fully saturated rings. The second-order valence-corrected chi connectivity index (χ2v) is 8.95. The number of hydrogen-bond acceptors (Lipinski definition) is 8. The van der Waals surface area contributed by atoms with Crippen LogP contribution in [0.3, 0.4) is 0 Å². The van der Waals surface area contributed by atoms with E-state index in [9.17, 15) is 10.1 Å². The maximum atomic E-state index is 12.6. The maximum Gasteiger partial charge on any atom is 0.241 e. The van der Waals surface area contributed by atoms with Crippen LogP contribution in [0.5, 0.6) is 5.75 Å². The monoisotopic (exact) mass is 452 g/mol. The molecular formula is C24H32N6O3. The molecule has 2 aromatic rings. The highest BCUT2D eigenvalue weighted by Crippen LogP contribution is 2.26. The van der Waals surface area contributed by atoms with Gasteiger partial charge in [-0.2, -0.15) is 10.2 Å². The predicted octanol–water partition coefficient (Wildman–Crippen LogP) is 2.60. The first-order chi connectivity index (χ1) is 16.1. The quantitative estimate of drug-likeness (QED) is 0.639. The Bertz CT molecular complexity index is 951. The fourth-order valence-corrected chi connectivity index (χ4v) is 4.58. The molecule has 1 aliphatic heterocycles. The zero-order valence-electron chi connectivity index (χ0n) is 19.3. The van der Waals surface area contributed by atoms with Crippen molar-refractivity contribution in [3.63, 3.8) is 0 Å². The minimum absolute atomic E-state index is 0.0482. The molecule has 4 rings (SSSR count). The molecule has 2 aliphatic rings. The molecule has 1 aromatic heterocycles. The first-order valence-corrected chi connectivity index (χ1v) is 11.7. The average molecular weight is 453 g/mol. The lowest BCUT2D eigenvalue weighted by atomic mass is 9.92. The van der Waals surface area contributed by atoms with Crippen molar-refractivity contribution < 1.29 is 14.1 Å². The van der Waals surface area contributed by atoms with Gasteiger partial charge in [-0.3, -0.25) is 14.6 Å². The molecule has 0 radical (unpaired) electrons. The summed E-state index contributed by atoms with van der Waals surface area (Å²) < 4.78 is 10.6. The largest absolute Gasteiger partial charge is 0.497 e. The maximum absolute atomic E-state index is 12.6. The molecule has 0 atom stereocenters. The SMILES string of the molecule is COc1ccc(-c2noc(CN3CCN(CC(=O)NC4(C#N)CCCCCC4)CC3)n2)cc1. The summed E-state index contributed by atoms with van der Waals surface area (Å²) in [6.07, 6.45) is 5.80. The molecule has 1 saturated carbocycles. The van der Waals surface area contributed by atoms with Gasteiger partial charge in [0.2, 0.25) is 17.6 Å². The topological polar surface area (TPSA) is 108 Å². The number of aromatic nitrogens is 2. The Balaban J connectivity index is 1.23. The lowest BCUT2D eigenvalue weighted by Gasteiger charge is -2.34. The number of methoxy groups -OCH3 is 1. The highest BCUT2D eigenvalue weighted by atomic mass is 16.5. The van der Waals surface area contributed by atoms with Crippen LogP contribution in [0.4, 0.5) is 0 Å². The second kappa shape index (κ2) is 10.8. The van der Waals surface area contributed by atoms with Gasteiger partial charge in [-0.15, -0.1) is 0 Å². The summed E-state index contributed by atoms with van der Waals surface area (Å²) in [7, 11) is 1.63. The van der Waals surface area contributed by atoms with Gasteiger partial charge in [0.05, 0.1) is 26.3 Å². The standard InChI is InChI=1S/C24H32N6O3/c1-32-20-8-6-19(7-9-20)23-26-22(33-28-23)17-30-14-12-29(13-15-30)16-21(31)27-24(18-25)10-4-2-3-5-11-24/h6-9H,2-5,10-17H2,1H3,(H,27,31). The normalized spacial score (nSPS) is 19.4. The number of hydrogen-bond donors (Lipinski definition) is 1.